The molecule has 0 aliphatic carbocycles. The summed E-state index contributed by atoms with van der Waals surface area (Å²) in [7, 11) is 0. The molecule has 1 saturated heterocycles. The number of hydrogen-bond donors (Lipinski definition) is 2. The van der Waals surface area contributed by atoms with Crippen LogP contribution >= 0.6 is 0 Å². The molecular weight excluding hydrogens is 376 g/mol. The minimum absolute atomic E-state index is 0.136. The number of aliphatic imine (C=N–C) groups is 1. The van der Waals surface area contributed by atoms with Crippen molar-refractivity contribution in [1.82, 2.24) is 15.1 Å². The second-order valence-electron chi connectivity index (χ2n) is 7.00. The SMILES string of the molecule is CCNC(=NCc1ccc(O)c(F)c1)N1CCC(CN(CC)CC(F)(F)F)C1. The summed E-state index contributed by atoms with van der Waals surface area (Å²) in [4.78, 5) is 7.98. The van der Waals surface area contributed by atoms with Gasteiger partial charge in [0, 0.05) is 26.2 Å². The molecule has 0 spiro atoms. The van der Waals surface area contributed by atoms with Crippen LogP contribution in [0, 0.1) is 11.7 Å². The molecule has 1 aliphatic rings. The molecule has 2 rings (SSSR count). The molecule has 9 heteroatoms. The van der Waals surface area contributed by atoms with Gasteiger partial charge in [-0.25, -0.2) is 9.38 Å². The molecule has 1 aromatic carbocycles. The largest absolute Gasteiger partial charge is 0.505 e. The van der Waals surface area contributed by atoms with Crippen molar-refractivity contribution in [2.24, 2.45) is 10.9 Å². The Bertz CT molecular complexity index is 666. The monoisotopic (exact) mass is 404 g/mol. The first-order chi connectivity index (χ1) is 13.2. The first-order valence-electron chi connectivity index (χ1n) is 9.51. The Kier molecular flexibility index (Phi) is 7.91. The molecule has 0 amide bonds. The lowest BCUT2D eigenvalue weighted by Crippen LogP contribution is -2.41. The quantitative estimate of drug-likeness (QED) is 0.416. The molecule has 28 heavy (non-hydrogen) atoms. The minimum atomic E-state index is -4.19. The third-order valence-electron chi connectivity index (χ3n) is 4.71. The Labute approximate surface area is 163 Å². The molecular formula is C19H28F4N4O. The molecule has 1 atom stereocenters. The van der Waals surface area contributed by atoms with Gasteiger partial charge in [0.1, 0.15) is 0 Å². The number of phenolic OH excluding ortho intramolecular Hbond substituents is 1. The lowest BCUT2D eigenvalue weighted by Gasteiger charge is -2.26. The predicted octanol–water partition coefficient (Wildman–Crippen LogP) is 3.20. The fraction of sp³-hybridized carbons (Fsp3) is 0.632. The van der Waals surface area contributed by atoms with Gasteiger partial charge in [-0.05, 0) is 43.5 Å². The first kappa shape index (κ1) is 22.3. The fourth-order valence-electron chi connectivity index (χ4n) is 3.34. The van der Waals surface area contributed by atoms with Gasteiger partial charge in [0.05, 0.1) is 13.1 Å². The number of likely N-dealkylation sites (tertiary alicyclic amines) is 1. The van der Waals surface area contributed by atoms with Gasteiger partial charge in [0.25, 0.3) is 0 Å². The van der Waals surface area contributed by atoms with Crippen LogP contribution in [0.2, 0.25) is 0 Å². The molecule has 158 valence electrons. The van der Waals surface area contributed by atoms with Gasteiger partial charge >= 0.3 is 6.18 Å². The molecule has 5 nitrogen and oxygen atoms in total. The third-order valence-corrected chi connectivity index (χ3v) is 4.71. The summed E-state index contributed by atoms with van der Waals surface area (Å²) in [6.45, 7) is 5.78. The highest BCUT2D eigenvalue weighted by Crippen LogP contribution is 2.22. The number of alkyl halides is 3. The molecule has 1 fully saturated rings. The summed E-state index contributed by atoms with van der Waals surface area (Å²) in [5.74, 6) is -0.292. The van der Waals surface area contributed by atoms with Crippen molar-refractivity contribution in [2.45, 2.75) is 33.0 Å². The van der Waals surface area contributed by atoms with E-state index in [1.54, 1.807) is 13.0 Å². The van der Waals surface area contributed by atoms with Gasteiger partial charge in [-0.3, -0.25) is 4.90 Å². The van der Waals surface area contributed by atoms with Crippen molar-refractivity contribution in [3.05, 3.63) is 29.6 Å². The second kappa shape index (κ2) is 9.95. The van der Waals surface area contributed by atoms with E-state index in [-0.39, 0.29) is 12.5 Å². The topological polar surface area (TPSA) is 51.1 Å². The molecule has 0 bridgehead atoms. The zero-order chi connectivity index (χ0) is 20.7. The number of guanidine groups is 1. The molecule has 1 heterocycles. The number of phenols is 1. The highest BCUT2D eigenvalue weighted by atomic mass is 19.4. The number of halogens is 4. The van der Waals surface area contributed by atoms with Crippen LogP contribution in [0.25, 0.3) is 0 Å². The first-order valence-corrected chi connectivity index (χ1v) is 9.51. The second-order valence-corrected chi connectivity index (χ2v) is 7.00. The highest BCUT2D eigenvalue weighted by molar-refractivity contribution is 5.80. The van der Waals surface area contributed by atoms with Crippen molar-refractivity contribution in [2.75, 3.05) is 39.3 Å². The Morgan fingerprint density at radius 1 is 1.36 bits per heavy atom. The van der Waals surface area contributed by atoms with Crippen molar-refractivity contribution in [1.29, 1.82) is 0 Å². The van der Waals surface area contributed by atoms with Gasteiger partial charge in [-0.2, -0.15) is 13.2 Å². The number of benzene rings is 1. The van der Waals surface area contributed by atoms with E-state index in [1.165, 1.54) is 17.0 Å². The zero-order valence-corrected chi connectivity index (χ0v) is 16.3. The smallest absolute Gasteiger partial charge is 0.401 e. The molecule has 1 aliphatic heterocycles. The lowest BCUT2D eigenvalue weighted by atomic mass is 10.1. The standard InChI is InChI=1S/C19H28F4N4O/c1-3-24-18(25-10-14-5-6-17(28)16(20)9-14)27-8-7-15(12-27)11-26(4-2)13-19(21,22)23/h5-6,9,15,28H,3-4,7-8,10-13H2,1-2H3,(H,24,25). The molecule has 0 radical (unpaired) electrons. The van der Waals surface area contributed by atoms with E-state index in [4.69, 9.17) is 0 Å². The van der Waals surface area contributed by atoms with Crippen LogP contribution in [0.3, 0.4) is 0 Å². The average molecular weight is 404 g/mol. The van der Waals surface area contributed by atoms with Crippen molar-refractivity contribution in [3.63, 3.8) is 0 Å². The number of rotatable bonds is 7. The molecule has 2 N–H and O–H groups in total. The Morgan fingerprint density at radius 2 is 2.11 bits per heavy atom. The maximum absolute atomic E-state index is 13.5. The predicted molar refractivity (Wildman–Crippen MR) is 101 cm³/mol. The summed E-state index contributed by atoms with van der Waals surface area (Å²) < 4.78 is 51.5. The number of hydrogen-bond acceptors (Lipinski definition) is 3. The minimum Gasteiger partial charge on any atom is -0.505 e. The zero-order valence-electron chi connectivity index (χ0n) is 16.3. The highest BCUT2D eigenvalue weighted by Gasteiger charge is 2.33. The summed E-state index contributed by atoms with van der Waals surface area (Å²) in [6, 6.07) is 4.14. The number of nitrogens with one attached hydrogen (secondary N) is 1. The number of nitrogens with zero attached hydrogens (tertiary/aromatic N) is 3. The van der Waals surface area contributed by atoms with E-state index in [9.17, 15) is 22.7 Å². The van der Waals surface area contributed by atoms with Crippen LogP contribution in [0.5, 0.6) is 5.75 Å². The van der Waals surface area contributed by atoms with Crippen LogP contribution in [-0.4, -0.2) is 66.3 Å². The molecule has 1 aromatic rings. The van der Waals surface area contributed by atoms with Crippen LogP contribution in [0.4, 0.5) is 17.6 Å². The van der Waals surface area contributed by atoms with Gasteiger partial charge in [0.2, 0.25) is 0 Å². The molecule has 0 aromatic heterocycles. The summed E-state index contributed by atoms with van der Waals surface area (Å²) in [5, 5.41) is 12.5. The lowest BCUT2D eigenvalue weighted by molar-refractivity contribution is -0.146. The van der Waals surface area contributed by atoms with Gasteiger partial charge < -0.3 is 15.3 Å². The van der Waals surface area contributed by atoms with Crippen LogP contribution in [0.15, 0.2) is 23.2 Å². The van der Waals surface area contributed by atoms with Crippen molar-refractivity contribution >= 4 is 5.96 Å². The van der Waals surface area contributed by atoms with E-state index < -0.39 is 24.3 Å². The maximum Gasteiger partial charge on any atom is 0.401 e. The summed E-state index contributed by atoms with van der Waals surface area (Å²) in [5.41, 5.74) is 0.629. The van der Waals surface area contributed by atoms with E-state index in [1.807, 2.05) is 11.8 Å². The Balaban J connectivity index is 1.97. The fourth-order valence-corrected chi connectivity index (χ4v) is 3.34. The van der Waals surface area contributed by atoms with Crippen molar-refractivity contribution in [3.8, 4) is 5.75 Å². The van der Waals surface area contributed by atoms with Gasteiger partial charge in [-0.1, -0.05) is 13.0 Å². The average Bonchev–Trinajstić information content (AvgIpc) is 3.08. The van der Waals surface area contributed by atoms with E-state index in [2.05, 4.69) is 10.3 Å². The summed E-state index contributed by atoms with van der Waals surface area (Å²) in [6.07, 6.45) is -3.39. The third kappa shape index (κ3) is 6.85. The Morgan fingerprint density at radius 3 is 2.71 bits per heavy atom. The van der Waals surface area contributed by atoms with Crippen LogP contribution in [0.1, 0.15) is 25.8 Å². The van der Waals surface area contributed by atoms with E-state index >= 15 is 0 Å². The normalized spacial score (nSPS) is 18.2. The van der Waals surface area contributed by atoms with E-state index in [0.29, 0.717) is 44.2 Å². The summed E-state index contributed by atoms with van der Waals surface area (Å²) >= 11 is 0. The van der Waals surface area contributed by atoms with Gasteiger partial charge in [0.15, 0.2) is 17.5 Å². The van der Waals surface area contributed by atoms with Gasteiger partial charge in [-0.15, -0.1) is 0 Å². The van der Waals surface area contributed by atoms with Crippen molar-refractivity contribution < 1.29 is 22.7 Å². The number of aromatic hydroxyl groups is 1. The molecule has 0 saturated carbocycles. The van der Waals surface area contributed by atoms with Crippen LogP contribution < -0.4 is 5.32 Å². The van der Waals surface area contributed by atoms with Crippen LogP contribution in [-0.2, 0) is 6.54 Å². The molecule has 1 unspecified atom stereocenters. The maximum atomic E-state index is 13.5. The van der Waals surface area contributed by atoms with E-state index in [0.717, 1.165) is 6.42 Å². The Hall–Kier alpha value is -2.03.